The average molecular weight is 582 g/mol. The normalized spacial score (nSPS) is 18.4. The Morgan fingerprint density at radius 1 is 1.00 bits per heavy atom. The Morgan fingerprint density at radius 3 is 2.31 bits per heavy atom. The van der Waals surface area contributed by atoms with Gasteiger partial charge < -0.3 is 4.90 Å². The largest absolute Gasteiger partial charge is 0.302 e. The van der Waals surface area contributed by atoms with Gasteiger partial charge in [0.2, 0.25) is 0 Å². The van der Waals surface area contributed by atoms with Crippen molar-refractivity contribution in [2.75, 3.05) is 30.2 Å². The van der Waals surface area contributed by atoms with Crippen molar-refractivity contribution in [3.8, 4) is 0 Å². The highest BCUT2D eigenvalue weighted by molar-refractivity contribution is 7.93. The van der Waals surface area contributed by atoms with E-state index in [1.54, 1.807) is 30.3 Å². The van der Waals surface area contributed by atoms with Gasteiger partial charge in [0, 0.05) is 28.9 Å². The van der Waals surface area contributed by atoms with Gasteiger partial charge in [0.15, 0.2) is 9.84 Å². The van der Waals surface area contributed by atoms with Crippen LogP contribution in [0.1, 0.15) is 39.0 Å². The number of anilines is 1. The summed E-state index contributed by atoms with van der Waals surface area (Å²) < 4.78 is 52.5. The molecule has 0 N–H and O–H groups in total. The van der Waals surface area contributed by atoms with Gasteiger partial charge in [0.25, 0.3) is 10.0 Å². The topological polar surface area (TPSA) is 74.8 Å². The van der Waals surface area contributed by atoms with Gasteiger partial charge in [-0.1, -0.05) is 41.2 Å². The molecule has 0 amide bonds. The minimum atomic E-state index is -3.94. The summed E-state index contributed by atoms with van der Waals surface area (Å²) in [6.07, 6.45) is 5.09. The molecule has 3 rings (SSSR count). The predicted octanol–water partition coefficient (Wildman–Crippen LogP) is 5.91. The number of sulfonamides is 1. The third kappa shape index (κ3) is 7.49. The van der Waals surface area contributed by atoms with Gasteiger partial charge in [-0.2, -0.15) is 0 Å². The van der Waals surface area contributed by atoms with E-state index in [0.29, 0.717) is 40.1 Å². The molecule has 0 aliphatic carbocycles. The minimum absolute atomic E-state index is 0.116. The van der Waals surface area contributed by atoms with Crippen LogP contribution in [0.4, 0.5) is 5.69 Å². The molecular formula is C24H31Cl3N2O4S2. The van der Waals surface area contributed by atoms with Crippen LogP contribution < -0.4 is 4.31 Å². The maximum atomic E-state index is 13.7. The van der Waals surface area contributed by atoms with Crippen LogP contribution in [0.2, 0.25) is 15.1 Å². The molecule has 1 fully saturated rings. The van der Waals surface area contributed by atoms with Crippen LogP contribution in [-0.2, 0) is 19.9 Å². The van der Waals surface area contributed by atoms with Crippen LogP contribution in [0.15, 0.2) is 47.4 Å². The maximum absolute atomic E-state index is 13.7. The number of benzene rings is 2. The monoisotopic (exact) mass is 580 g/mol. The summed E-state index contributed by atoms with van der Waals surface area (Å²) in [5.74, 6) is 0. The molecule has 0 radical (unpaired) electrons. The van der Waals surface area contributed by atoms with Crippen LogP contribution in [-0.4, -0.2) is 58.9 Å². The zero-order valence-corrected chi connectivity index (χ0v) is 23.7. The Morgan fingerprint density at radius 2 is 1.66 bits per heavy atom. The van der Waals surface area contributed by atoms with Crippen molar-refractivity contribution >= 4 is 60.4 Å². The lowest BCUT2D eigenvalue weighted by Gasteiger charge is -2.33. The van der Waals surface area contributed by atoms with E-state index in [1.807, 2.05) is 6.92 Å². The zero-order valence-electron chi connectivity index (χ0n) is 19.8. The number of likely N-dealkylation sites (tertiary alicyclic amines) is 1. The fourth-order valence-electron chi connectivity index (χ4n) is 4.44. The van der Waals surface area contributed by atoms with Crippen molar-refractivity contribution in [1.29, 1.82) is 0 Å². The van der Waals surface area contributed by atoms with Crippen molar-refractivity contribution in [2.24, 2.45) is 0 Å². The quantitative estimate of drug-likeness (QED) is 0.326. The molecule has 1 heterocycles. The standard InChI is InChI=1S/C24H31Cl3N2O4S2/c1-18(6-3-4-14-28-15-5-7-22(17-28)34(2,30)31)29(24-16-20(26)10-13-23(24)27)35(32,33)21-11-8-19(25)9-12-21/h8-13,16,18,22H,3-7,14-15,17H2,1-2H3. The maximum Gasteiger partial charge on any atom is 0.264 e. The number of unbranched alkanes of at least 4 members (excludes halogenated alkanes) is 1. The Labute approximate surface area is 224 Å². The first-order valence-electron chi connectivity index (χ1n) is 11.6. The third-order valence-corrected chi connectivity index (χ3v) is 10.7. The number of halogens is 3. The number of piperidine rings is 1. The van der Waals surface area contributed by atoms with E-state index in [4.69, 9.17) is 34.8 Å². The molecule has 1 aliphatic heterocycles. The molecule has 1 aliphatic rings. The molecule has 0 saturated carbocycles. The minimum Gasteiger partial charge on any atom is -0.302 e. The van der Waals surface area contributed by atoms with Gasteiger partial charge in [-0.05, 0) is 88.2 Å². The highest BCUT2D eigenvalue weighted by atomic mass is 35.5. The van der Waals surface area contributed by atoms with E-state index < -0.39 is 25.9 Å². The molecule has 35 heavy (non-hydrogen) atoms. The lowest BCUT2D eigenvalue weighted by molar-refractivity contribution is 0.225. The number of hydrogen-bond donors (Lipinski definition) is 0. The lowest BCUT2D eigenvalue weighted by Crippen LogP contribution is -2.42. The van der Waals surface area contributed by atoms with E-state index in [2.05, 4.69) is 4.90 Å². The van der Waals surface area contributed by atoms with Gasteiger partial charge in [-0.15, -0.1) is 0 Å². The SMILES string of the molecule is CC(CCCCN1CCCC(S(C)(=O)=O)C1)N(c1cc(Cl)ccc1Cl)S(=O)(=O)c1ccc(Cl)cc1. The van der Waals surface area contributed by atoms with Gasteiger partial charge in [0.1, 0.15) is 0 Å². The molecule has 6 nitrogen and oxygen atoms in total. The second-order valence-corrected chi connectivity index (χ2v) is 14.5. The van der Waals surface area contributed by atoms with Gasteiger partial charge >= 0.3 is 0 Å². The van der Waals surface area contributed by atoms with Gasteiger partial charge in [-0.3, -0.25) is 4.31 Å². The average Bonchev–Trinajstić information content (AvgIpc) is 2.79. The van der Waals surface area contributed by atoms with Crippen LogP contribution in [0.3, 0.4) is 0 Å². The molecule has 1 saturated heterocycles. The van der Waals surface area contributed by atoms with E-state index in [0.717, 1.165) is 32.4 Å². The molecule has 0 bridgehead atoms. The Bertz CT molecular complexity index is 1220. The number of hydrogen-bond acceptors (Lipinski definition) is 5. The highest BCUT2D eigenvalue weighted by Gasteiger charge is 2.31. The Kier molecular flexibility index (Phi) is 9.79. The summed E-state index contributed by atoms with van der Waals surface area (Å²) in [7, 11) is -6.98. The Hall–Kier alpha value is -1.03. The summed E-state index contributed by atoms with van der Waals surface area (Å²) >= 11 is 18.6. The molecule has 0 aromatic heterocycles. The fraction of sp³-hybridized carbons (Fsp3) is 0.500. The van der Waals surface area contributed by atoms with Crippen molar-refractivity contribution in [1.82, 2.24) is 4.90 Å². The summed E-state index contributed by atoms with van der Waals surface area (Å²) in [5.41, 5.74) is 0.327. The molecule has 2 aromatic carbocycles. The van der Waals surface area contributed by atoms with Gasteiger partial charge in [0.05, 0.1) is 20.9 Å². The van der Waals surface area contributed by atoms with E-state index in [-0.39, 0.29) is 10.1 Å². The first kappa shape index (κ1) is 28.5. The second-order valence-electron chi connectivity index (χ2n) is 9.09. The summed E-state index contributed by atoms with van der Waals surface area (Å²) in [5, 5.41) is 0.817. The molecule has 0 spiro atoms. The molecule has 2 aromatic rings. The van der Waals surface area contributed by atoms with Crippen molar-refractivity contribution in [3.05, 3.63) is 57.5 Å². The summed E-state index contributed by atoms with van der Waals surface area (Å²) in [6.45, 7) is 4.08. The van der Waals surface area contributed by atoms with Crippen molar-refractivity contribution in [2.45, 2.75) is 55.2 Å². The number of nitrogens with zero attached hydrogens (tertiary/aromatic N) is 2. The van der Waals surface area contributed by atoms with Crippen molar-refractivity contribution in [3.63, 3.8) is 0 Å². The van der Waals surface area contributed by atoms with Gasteiger partial charge in [-0.25, -0.2) is 16.8 Å². The first-order valence-corrected chi connectivity index (χ1v) is 16.1. The van der Waals surface area contributed by atoms with Crippen LogP contribution in [0.5, 0.6) is 0 Å². The molecule has 2 atom stereocenters. The summed E-state index contributed by atoms with van der Waals surface area (Å²) in [6, 6.07) is 10.4. The van der Waals surface area contributed by atoms with Crippen LogP contribution >= 0.6 is 34.8 Å². The number of rotatable bonds is 10. The fourth-order valence-corrected chi connectivity index (χ4v) is 7.76. The first-order chi connectivity index (χ1) is 16.4. The molecule has 11 heteroatoms. The second kappa shape index (κ2) is 12.0. The zero-order chi connectivity index (χ0) is 25.8. The molecular weight excluding hydrogens is 551 g/mol. The number of sulfone groups is 1. The van der Waals surface area contributed by atoms with Crippen LogP contribution in [0, 0.1) is 0 Å². The molecule has 2 unspecified atom stereocenters. The summed E-state index contributed by atoms with van der Waals surface area (Å²) in [4.78, 5) is 2.31. The predicted molar refractivity (Wildman–Crippen MR) is 145 cm³/mol. The van der Waals surface area contributed by atoms with Crippen LogP contribution in [0.25, 0.3) is 0 Å². The van der Waals surface area contributed by atoms with E-state index in [1.165, 1.54) is 22.7 Å². The van der Waals surface area contributed by atoms with E-state index >= 15 is 0 Å². The molecule has 194 valence electrons. The third-order valence-electron chi connectivity index (χ3n) is 6.33. The highest BCUT2D eigenvalue weighted by Crippen LogP contribution is 2.35. The lowest BCUT2D eigenvalue weighted by atomic mass is 10.1. The Balaban J connectivity index is 1.73. The smallest absolute Gasteiger partial charge is 0.264 e. The van der Waals surface area contributed by atoms with Crippen molar-refractivity contribution < 1.29 is 16.8 Å². The van der Waals surface area contributed by atoms with E-state index in [9.17, 15) is 16.8 Å².